The van der Waals surface area contributed by atoms with E-state index in [9.17, 15) is 10.2 Å². The van der Waals surface area contributed by atoms with Crippen molar-refractivity contribution in [2.24, 2.45) is 0 Å². The van der Waals surface area contributed by atoms with E-state index in [4.69, 9.17) is 9.47 Å². The fourth-order valence-corrected chi connectivity index (χ4v) is 2.34. The van der Waals surface area contributed by atoms with Gasteiger partial charge in [-0.05, 0) is 44.9 Å². The number of phenolic OH excluding ortho intramolecular Hbond substituents is 2. The quantitative estimate of drug-likeness (QED) is 0.601. The van der Waals surface area contributed by atoms with Gasteiger partial charge in [-0.3, -0.25) is 0 Å². The maximum atomic E-state index is 9.93. The Bertz CT molecular complexity index is 732. The van der Waals surface area contributed by atoms with E-state index in [0.29, 0.717) is 34.1 Å². The number of aromatic hydroxyl groups is 2. The molecule has 104 valence electrons. The Morgan fingerprint density at radius 1 is 0.700 bits per heavy atom. The Morgan fingerprint density at radius 2 is 1.25 bits per heavy atom. The van der Waals surface area contributed by atoms with Crippen molar-refractivity contribution in [3.05, 3.63) is 34.4 Å². The van der Waals surface area contributed by atoms with E-state index >= 15 is 0 Å². The van der Waals surface area contributed by atoms with Crippen molar-refractivity contribution >= 4 is 0 Å². The number of phenols is 2. The zero-order valence-electron chi connectivity index (χ0n) is 11.9. The molecule has 0 saturated carbocycles. The van der Waals surface area contributed by atoms with Crippen LogP contribution in [0.15, 0.2) is 12.1 Å². The van der Waals surface area contributed by atoms with Gasteiger partial charge >= 0.3 is 0 Å². The molecule has 4 nitrogen and oxygen atoms in total. The number of benzene rings is 2. The lowest BCUT2D eigenvalue weighted by Gasteiger charge is -2.26. The number of ether oxygens (including phenoxy) is 2. The van der Waals surface area contributed by atoms with Crippen LogP contribution in [0, 0.1) is 27.7 Å². The summed E-state index contributed by atoms with van der Waals surface area (Å²) in [6.07, 6.45) is 0. The van der Waals surface area contributed by atoms with Gasteiger partial charge < -0.3 is 19.7 Å². The van der Waals surface area contributed by atoms with Crippen molar-refractivity contribution in [3.63, 3.8) is 0 Å². The highest BCUT2D eigenvalue weighted by atomic mass is 16.6. The van der Waals surface area contributed by atoms with Gasteiger partial charge in [-0.2, -0.15) is 0 Å². The summed E-state index contributed by atoms with van der Waals surface area (Å²) in [5.41, 5.74) is 3.03. The molecule has 1 aliphatic heterocycles. The van der Waals surface area contributed by atoms with Gasteiger partial charge in [0.15, 0.2) is 34.5 Å². The van der Waals surface area contributed by atoms with Crippen LogP contribution in [0.3, 0.4) is 0 Å². The molecule has 0 spiro atoms. The van der Waals surface area contributed by atoms with E-state index in [1.54, 1.807) is 13.8 Å². The SMILES string of the molecule is Cc1ccc2c(c1C)Oc1c(C)c(O)c(O)c(C)c1O2. The first kappa shape index (κ1) is 12.7. The Balaban J connectivity index is 2.26. The molecule has 3 rings (SSSR count). The third-order valence-corrected chi connectivity index (χ3v) is 3.88. The second-order valence-electron chi connectivity index (χ2n) is 5.14. The summed E-state index contributed by atoms with van der Waals surface area (Å²) in [4.78, 5) is 0. The second kappa shape index (κ2) is 4.07. The van der Waals surface area contributed by atoms with Gasteiger partial charge in [-0.1, -0.05) is 6.07 Å². The highest BCUT2D eigenvalue weighted by molar-refractivity contribution is 5.69. The van der Waals surface area contributed by atoms with Crippen LogP contribution in [0.2, 0.25) is 0 Å². The van der Waals surface area contributed by atoms with E-state index in [1.165, 1.54) is 0 Å². The largest absolute Gasteiger partial charge is 0.504 e. The summed E-state index contributed by atoms with van der Waals surface area (Å²) in [6, 6.07) is 3.81. The molecule has 1 aliphatic rings. The summed E-state index contributed by atoms with van der Waals surface area (Å²) in [5, 5.41) is 19.8. The van der Waals surface area contributed by atoms with Crippen LogP contribution >= 0.6 is 0 Å². The van der Waals surface area contributed by atoms with Crippen LogP contribution in [0.4, 0.5) is 0 Å². The third kappa shape index (κ3) is 1.54. The van der Waals surface area contributed by atoms with Gasteiger partial charge in [0.05, 0.1) is 0 Å². The molecule has 0 fully saturated rings. The molecular weight excluding hydrogens is 256 g/mol. The standard InChI is InChI=1S/C16H16O4/c1-7-5-6-11-14(8(7)2)20-16-10(4)13(18)12(17)9(3)15(16)19-11/h5-6,17-18H,1-4H3. The Hall–Kier alpha value is -2.36. The summed E-state index contributed by atoms with van der Waals surface area (Å²) >= 11 is 0. The molecule has 0 unspecified atom stereocenters. The van der Waals surface area contributed by atoms with Crippen molar-refractivity contribution in [3.8, 4) is 34.5 Å². The molecular formula is C16H16O4. The van der Waals surface area contributed by atoms with Gasteiger partial charge in [0.1, 0.15) is 0 Å². The molecule has 2 aromatic rings. The van der Waals surface area contributed by atoms with Crippen molar-refractivity contribution in [1.29, 1.82) is 0 Å². The minimum Gasteiger partial charge on any atom is -0.504 e. The molecule has 0 aliphatic carbocycles. The molecule has 0 radical (unpaired) electrons. The summed E-state index contributed by atoms with van der Waals surface area (Å²) in [6.45, 7) is 7.33. The average molecular weight is 272 g/mol. The Morgan fingerprint density at radius 3 is 1.85 bits per heavy atom. The van der Waals surface area contributed by atoms with Crippen molar-refractivity contribution in [2.75, 3.05) is 0 Å². The lowest BCUT2D eigenvalue weighted by atomic mass is 10.0. The van der Waals surface area contributed by atoms with Crippen molar-refractivity contribution in [1.82, 2.24) is 0 Å². The van der Waals surface area contributed by atoms with Crippen LogP contribution in [-0.2, 0) is 0 Å². The fraction of sp³-hybridized carbons (Fsp3) is 0.250. The zero-order chi connectivity index (χ0) is 14.6. The van der Waals surface area contributed by atoms with Crippen LogP contribution in [0.25, 0.3) is 0 Å². The summed E-state index contributed by atoms with van der Waals surface area (Å²) < 4.78 is 11.8. The number of fused-ring (bicyclic) bond motifs is 2. The average Bonchev–Trinajstić information content (AvgIpc) is 2.45. The molecule has 0 saturated heterocycles. The first-order valence-electron chi connectivity index (χ1n) is 6.42. The van der Waals surface area contributed by atoms with E-state index in [-0.39, 0.29) is 11.5 Å². The van der Waals surface area contributed by atoms with Crippen molar-refractivity contribution in [2.45, 2.75) is 27.7 Å². The highest BCUT2D eigenvalue weighted by Crippen LogP contribution is 2.54. The monoisotopic (exact) mass is 272 g/mol. The first-order chi connectivity index (χ1) is 9.41. The lowest BCUT2D eigenvalue weighted by molar-refractivity contribution is 0.337. The third-order valence-electron chi connectivity index (χ3n) is 3.88. The molecule has 0 aromatic heterocycles. The zero-order valence-corrected chi connectivity index (χ0v) is 11.9. The molecule has 0 amide bonds. The smallest absolute Gasteiger partial charge is 0.177 e. The second-order valence-corrected chi connectivity index (χ2v) is 5.14. The maximum Gasteiger partial charge on any atom is 0.177 e. The number of aryl methyl sites for hydroxylation is 1. The minimum absolute atomic E-state index is 0.168. The Labute approximate surface area is 117 Å². The van der Waals surface area contributed by atoms with E-state index in [1.807, 2.05) is 26.0 Å². The number of rotatable bonds is 0. The Kier molecular flexibility index (Phi) is 2.57. The summed E-state index contributed by atoms with van der Waals surface area (Å²) in [7, 11) is 0. The molecule has 2 N–H and O–H groups in total. The molecule has 1 heterocycles. The lowest BCUT2D eigenvalue weighted by Crippen LogP contribution is -2.04. The fourth-order valence-electron chi connectivity index (χ4n) is 2.34. The van der Waals surface area contributed by atoms with Crippen LogP contribution in [0.1, 0.15) is 22.3 Å². The maximum absolute atomic E-state index is 9.93. The highest BCUT2D eigenvalue weighted by Gasteiger charge is 2.28. The topological polar surface area (TPSA) is 58.9 Å². The molecule has 0 bridgehead atoms. The first-order valence-corrected chi connectivity index (χ1v) is 6.42. The normalized spacial score (nSPS) is 12.2. The van der Waals surface area contributed by atoms with E-state index in [0.717, 1.165) is 11.1 Å². The van der Waals surface area contributed by atoms with Crippen LogP contribution < -0.4 is 9.47 Å². The van der Waals surface area contributed by atoms with Gasteiger partial charge in [-0.25, -0.2) is 0 Å². The van der Waals surface area contributed by atoms with Gasteiger partial charge in [0.25, 0.3) is 0 Å². The predicted molar refractivity (Wildman–Crippen MR) is 75.3 cm³/mol. The number of hydrogen-bond donors (Lipinski definition) is 2. The molecule has 4 heteroatoms. The number of hydrogen-bond acceptors (Lipinski definition) is 4. The molecule has 0 atom stereocenters. The van der Waals surface area contributed by atoms with Crippen LogP contribution in [0.5, 0.6) is 34.5 Å². The molecule has 20 heavy (non-hydrogen) atoms. The van der Waals surface area contributed by atoms with E-state index in [2.05, 4.69) is 0 Å². The minimum atomic E-state index is -0.169. The van der Waals surface area contributed by atoms with Gasteiger partial charge in [0.2, 0.25) is 0 Å². The van der Waals surface area contributed by atoms with Gasteiger partial charge in [0, 0.05) is 11.1 Å². The summed E-state index contributed by atoms with van der Waals surface area (Å²) in [5.74, 6) is 1.85. The van der Waals surface area contributed by atoms with Crippen molar-refractivity contribution < 1.29 is 19.7 Å². The molecule has 2 aromatic carbocycles. The van der Waals surface area contributed by atoms with Crippen LogP contribution in [-0.4, -0.2) is 10.2 Å². The van der Waals surface area contributed by atoms with Gasteiger partial charge in [-0.15, -0.1) is 0 Å². The van der Waals surface area contributed by atoms with E-state index < -0.39 is 0 Å². The predicted octanol–water partition coefficient (Wildman–Crippen LogP) is 4.23.